The summed E-state index contributed by atoms with van der Waals surface area (Å²) < 4.78 is 41.9. The summed E-state index contributed by atoms with van der Waals surface area (Å²) in [5.74, 6) is -0.527. The van der Waals surface area contributed by atoms with Gasteiger partial charge in [0.15, 0.2) is 6.04 Å². The van der Waals surface area contributed by atoms with Crippen LogP contribution >= 0.6 is 11.3 Å². The first-order valence-corrected chi connectivity index (χ1v) is 10.2. The van der Waals surface area contributed by atoms with Crippen LogP contribution in [0.3, 0.4) is 0 Å². The lowest BCUT2D eigenvalue weighted by atomic mass is 10.0. The largest absolute Gasteiger partial charge is 0.410 e. The van der Waals surface area contributed by atoms with Crippen LogP contribution in [0, 0.1) is 0 Å². The van der Waals surface area contributed by atoms with Crippen molar-refractivity contribution in [2.75, 3.05) is 10.6 Å². The number of nitrogens with one attached hydrogen (secondary N) is 2. The molecule has 3 aromatic rings. The van der Waals surface area contributed by atoms with Gasteiger partial charge >= 0.3 is 6.18 Å². The van der Waals surface area contributed by atoms with Gasteiger partial charge in [0.2, 0.25) is 0 Å². The zero-order chi connectivity index (χ0) is 21.5. The molecule has 3 heterocycles. The molecule has 1 aromatic carbocycles. The molecule has 0 bridgehead atoms. The molecule has 6 nitrogen and oxygen atoms in total. The van der Waals surface area contributed by atoms with Crippen LogP contribution in [0.5, 0.6) is 0 Å². The van der Waals surface area contributed by atoms with Gasteiger partial charge in [0.25, 0.3) is 5.91 Å². The van der Waals surface area contributed by atoms with E-state index in [-0.39, 0.29) is 17.8 Å². The number of aliphatic hydroxyl groups is 1. The van der Waals surface area contributed by atoms with E-state index in [4.69, 9.17) is 0 Å². The van der Waals surface area contributed by atoms with Crippen molar-refractivity contribution < 1.29 is 23.1 Å². The van der Waals surface area contributed by atoms with E-state index in [0.717, 1.165) is 15.8 Å². The SMILES string of the molecule is C[C@H](O)c1ccc(NC(=O)c2cnn3c2N[C@H](c2cccs2)C[C@@H]3C(F)(F)F)cc1. The van der Waals surface area contributed by atoms with Gasteiger partial charge in [0.1, 0.15) is 11.4 Å². The number of hydrogen-bond acceptors (Lipinski definition) is 5. The lowest BCUT2D eigenvalue weighted by molar-refractivity contribution is -0.173. The molecule has 2 aromatic heterocycles. The van der Waals surface area contributed by atoms with Crippen LogP contribution in [-0.2, 0) is 0 Å². The van der Waals surface area contributed by atoms with Crippen molar-refractivity contribution in [1.82, 2.24) is 9.78 Å². The van der Waals surface area contributed by atoms with E-state index in [9.17, 15) is 23.1 Å². The molecule has 30 heavy (non-hydrogen) atoms. The van der Waals surface area contributed by atoms with Gasteiger partial charge in [-0.25, -0.2) is 4.68 Å². The number of amides is 1. The molecule has 0 saturated carbocycles. The van der Waals surface area contributed by atoms with Gasteiger partial charge < -0.3 is 15.7 Å². The number of anilines is 2. The number of fused-ring (bicyclic) bond motifs is 1. The smallest absolute Gasteiger partial charge is 0.389 e. The predicted molar refractivity (Wildman–Crippen MR) is 108 cm³/mol. The Morgan fingerprint density at radius 2 is 2.07 bits per heavy atom. The summed E-state index contributed by atoms with van der Waals surface area (Å²) in [4.78, 5) is 13.5. The number of rotatable bonds is 4. The number of carbonyl (C=O) groups is 1. The zero-order valence-corrected chi connectivity index (χ0v) is 16.7. The highest BCUT2D eigenvalue weighted by Gasteiger charge is 2.47. The van der Waals surface area contributed by atoms with E-state index in [0.29, 0.717) is 11.3 Å². The molecule has 0 spiro atoms. The van der Waals surface area contributed by atoms with Gasteiger partial charge in [-0.2, -0.15) is 18.3 Å². The molecule has 4 rings (SSSR count). The quantitative estimate of drug-likeness (QED) is 0.543. The molecule has 10 heteroatoms. The summed E-state index contributed by atoms with van der Waals surface area (Å²) in [5.41, 5.74) is 1.18. The summed E-state index contributed by atoms with van der Waals surface area (Å²) >= 11 is 1.36. The van der Waals surface area contributed by atoms with Gasteiger partial charge in [-0.05, 0) is 36.1 Å². The minimum Gasteiger partial charge on any atom is -0.389 e. The Bertz CT molecular complexity index is 1030. The Hall–Kier alpha value is -2.85. The summed E-state index contributed by atoms with van der Waals surface area (Å²) in [6.45, 7) is 1.62. The number of benzene rings is 1. The zero-order valence-electron chi connectivity index (χ0n) is 15.8. The fourth-order valence-corrected chi connectivity index (χ4v) is 4.24. The molecule has 0 saturated heterocycles. The van der Waals surface area contributed by atoms with Gasteiger partial charge in [-0.3, -0.25) is 4.79 Å². The Morgan fingerprint density at radius 3 is 2.67 bits per heavy atom. The first kappa shape index (κ1) is 20.4. The van der Waals surface area contributed by atoms with Gasteiger partial charge in [0, 0.05) is 17.0 Å². The fraction of sp³-hybridized carbons (Fsp3) is 0.300. The molecule has 3 atom stereocenters. The highest BCUT2D eigenvalue weighted by atomic mass is 32.1. The van der Waals surface area contributed by atoms with Crippen molar-refractivity contribution in [2.45, 2.75) is 37.7 Å². The van der Waals surface area contributed by atoms with Gasteiger partial charge in [-0.1, -0.05) is 18.2 Å². The normalized spacial score (nSPS) is 19.6. The van der Waals surface area contributed by atoms with Crippen LogP contribution < -0.4 is 10.6 Å². The summed E-state index contributed by atoms with van der Waals surface area (Å²) in [6, 6.07) is 7.72. The highest BCUT2D eigenvalue weighted by molar-refractivity contribution is 7.10. The summed E-state index contributed by atoms with van der Waals surface area (Å²) in [5, 5.41) is 21.0. The molecule has 1 aliphatic rings. The maximum atomic E-state index is 13.7. The average Bonchev–Trinajstić information content (AvgIpc) is 3.36. The molecule has 0 aliphatic carbocycles. The summed E-state index contributed by atoms with van der Waals surface area (Å²) in [6.07, 6.45) is -4.20. The van der Waals surface area contributed by atoms with Crippen LogP contribution in [0.1, 0.15) is 52.3 Å². The Kier molecular flexibility index (Phi) is 5.29. The molecular weight excluding hydrogens is 417 g/mol. The van der Waals surface area contributed by atoms with Crippen LogP contribution in [0.2, 0.25) is 0 Å². The van der Waals surface area contributed by atoms with Crippen LogP contribution in [-0.4, -0.2) is 27.0 Å². The highest BCUT2D eigenvalue weighted by Crippen LogP contribution is 2.45. The maximum Gasteiger partial charge on any atom is 0.410 e. The second-order valence-corrected chi connectivity index (χ2v) is 8.09. The Morgan fingerprint density at radius 1 is 1.33 bits per heavy atom. The molecule has 3 N–H and O–H groups in total. The van der Waals surface area contributed by atoms with E-state index in [1.165, 1.54) is 11.3 Å². The van der Waals surface area contributed by atoms with Crippen LogP contribution in [0.15, 0.2) is 48.0 Å². The van der Waals surface area contributed by atoms with E-state index in [1.807, 2.05) is 0 Å². The first-order valence-electron chi connectivity index (χ1n) is 9.27. The van der Waals surface area contributed by atoms with E-state index in [1.54, 1.807) is 48.7 Å². The fourth-order valence-electron chi connectivity index (χ4n) is 3.45. The average molecular weight is 436 g/mol. The standard InChI is InChI=1S/C20H19F3N4O2S/c1-11(28)12-4-6-13(7-5-12)25-19(29)14-10-24-27-17(20(21,22)23)9-15(26-18(14)27)16-3-2-8-30-16/h2-8,10-11,15,17,26,28H,9H2,1H3,(H,25,29)/t11-,15-,17+/m0/s1. The number of aromatic nitrogens is 2. The topological polar surface area (TPSA) is 79.2 Å². The third kappa shape index (κ3) is 3.92. The minimum absolute atomic E-state index is 0.0325. The van der Waals surface area contributed by atoms with E-state index < -0.39 is 30.3 Å². The number of thiophene rings is 1. The third-order valence-electron chi connectivity index (χ3n) is 5.02. The molecule has 1 aliphatic heterocycles. The van der Waals surface area contributed by atoms with E-state index >= 15 is 0 Å². The predicted octanol–water partition coefficient (Wildman–Crippen LogP) is 4.91. The first-order chi connectivity index (χ1) is 14.2. The second kappa shape index (κ2) is 7.77. The Labute approximate surface area is 174 Å². The lowest BCUT2D eigenvalue weighted by Gasteiger charge is -2.33. The molecule has 0 unspecified atom stereocenters. The van der Waals surface area contributed by atoms with Crippen molar-refractivity contribution >= 4 is 28.7 Å². The molecule has 0 fully saturated rings. The molecular formula is C20H19F3N4O2S. The number of nitrogens with zero attached hydrogens (tertiary/aromatic N) is 2. The molecule has 0 radical (unpaired) electrons. The monoisotopic (exact) mass is 436 g/mol. The molecule has 158 valence electrons. The minimum atomic E-state index is -4.50. The van der Waals surface area contributed by atoms with Gasteiger partial charge in [0.05, 0.1) is 18.3 Å². The molecule has 1 amide bonds. The number of hydrogen-bond donors (Lipinski definition) is 3. The van der Waals surface area contributed by atoms with Gasteiger partial charge in [-0.15, -0.1) is 11.3 Å². The van der Waals surface area contributed by atoms with Crippen molar-refractivity contribution in [2.24, 2.45) is 0 Å². The number of carbonyl (C=O) groups excluding carboxylic acids is 1. The Balaban J connectivity index is 1.63. The number of alkyl halides is 3. The van der Waals surface area contributed by atoms with E-state index in [2.05, 4.69) is 15.7 Å². The number of halogens is 3. The maximum absolute atomic E-state index is 13.7. The van der Waals surface area contributed by atoms with Crippen molar-refractivity contribution in [3.05, 3.63) is 64.0 Å². The second-order valence-electron chi connectivity index (χ2n) is 7.11. The van der Waals surface area contributed by atoms with Crippen molar-refractivity contribution in [1.29, 1.82) is 0 Å². The van der Waals surface area contributed by atoms with Crippen LogP contribution in [0.4, 0.5) is 24.7 Å². The van der Waals surface area contributed by atoms with Crippen molar-refractivity contribution in [3.8, 4) is 0 Å². The summed E-state index contributed by atoms with van der Waals surface area (Å²) in [7, 11) is 0. The third-order valence-corrected chi connectivity index (χ3v) is 6.01. The van der Waals surface area contributed by atoms with Crippen molar-refractivity contribution in [3.63, 3.8) is 0 Å². The lowest BCUT2D eigenvalue weighted by Crippen LogP contribution is -2.36. The number of aliphatic hydroxyl groups excluding tert-OH is 1. The van der Waals surface area contributed by atoms with Crippen LogP contribution in [0.25, 0.3) is 0 Å².